The minimum Gasteiger partial charge on any atom is -0.390 e. The molecule has 3 nitrogen and oxygen atoms in total. The lowest BCUT2D eigenvalue weighted by Crippen LogP contribution is -2.61. The van der Waals surface area contributed by atoms with E-state index in [1.54, 1.807) is 6.08 Å². The average Bonchev–Trinajstić information content (AvgIpc) is 2.64. The standard InChI is InChI=1S/C21H22O3/c1-2-9-18-19(22)21(24-15-17-12-7-4-8-13-17)20(18)23-14-16-10-5-3-6-11-16/h3-13,18-22H,1,14-15H2/t18?,19?,20-,21-/m0/s1. The Balaban J connectivity index is 1.61. The third kappa shape index (κ3) is 3.84. The van der Waals surface area contributed by atoms with Crippen LogP contribution in [0.15, 0.2) is 79.0 Å². The zero-order valence-electron chi connectivity index (χ0n) is 13.5. The molecule has 0 saturated heterocycles. The molecule has 2 unspecified atom stereocenters. The molecule has 0 radical (unpaired) electrons. The van der Waals surface area contributed by atoms with Gasteiger partial charge in [-0.3, -0.25) is 0 Å². The zero-order valence-corrected chi connectivity index (χ0v) is 13.5. The Morgan fingerprint density at radius 1 is 0.875 bits per heavy atom. The number of hydrogen-bond donors (Lipinski definition) is 1. The predicted molar refractivity (Wildman–Crippen MR) is 93.2 cm³/mol. The van der Waals surface area contributed by atoms with Crippen molar-refractivity contribution in [1.82, 2.24) is 0 Å². The van der Waals surface area contributed by atoms with E-state index in [1.807, 2.05) is 60.7 Å². The van der Waals surface area contributed by atoms with Crippen molar-refractivity contribution >= 4 is 0 Å². The first-order valence-electron chi connectivity index (χ1n) is 8.14. The lowest BCUT2D eigenvalue weighted by atomic mass is 9.75. The second-order valence-electron chi connectivity index (χ2n) is 5.96. The maximum Gasteiger partial charge on any atom is 0.111 e. The first-order chi connectivity index (χ1) is 11.8. The number of hydrogen-bond acceptors (Lipinski definition) is 3. The van der Waals surface area contributed by atoms with Gasteiger partial charge in [-0.1, -0.05) is 67.2 Å². The van der Waals surface area contributed by atoms with Crippen molar-refractivity contribution in [2.75, 3.05) is 0 Å². The second-order valence-corrected chi connectivity index (χ2v) is 5.96. The van der Waals surface area contributed by atoms with Gasteiger partial charge in [-0.05, 0) is 17.2 Å². The van der Waals surface area contributed by atoms with Gasteiger partial charge >= 0.3 is 0 Å². The molecule has 0 aliphatic heterocycles. The number of benzene rings is 2. The molecule has 0 aromatic heterocycles. The number of aliphatic hydroxyl groups excluding tert-OH is 1. The van der Waals surface area contributed by atoms with Gasteiger partial charge < -0.3 is 14.6 Å². The Hall–Kier alpha value is -2.16. The number of ether oxygens (including phenoxy) is 2. The summed E-state index contributed by atoms with van der Waals surface area (Å²) in [4.78, 5) is 0. The van der Waals surface area contributed by atoms with Crippen LogP contribution >= 0.6 is 0 Å². The van der Waals surface area contributed by atoms with E-state index in [-0.39, 0.29) is 18.1 Å². The fraction of sp³-hybridized carbons (Fsp3) is 0.286. The van der Waals surface area contributed by atoms with Gasteiger partial charge in [0.05, 0.1) is 25.4 Å². The molecule has 124 valence electrons. The molecular formula is C21H22O3. The normalized spacial score (nSPS) is 25.5. The summed E-state index contributed by atoms with van der Waals surface area (Å²) in [6, 6.07) is 19.9. The summed E-state index contributed by atoms with van der Waals surface area (Å²) in [5, 5.41) is 10.3. The molecule has 1 aliphatic carbocycles. The lowest BCUT2D eigenvalue weighted by Gasteiger charge is -2.46. The Bertz CT molecular complexity index is 677. The third-order valence-corrected chi connectivity index (χ3v) is 4.31. The van der Waals surface area contributed by atoms with Crippen molar-refractivity contribution in [2.45, 2.75) is 31.5 Å². The van der Waals surface area contributed by atoms with Crippen molar-refractivity contribution in [2.24, 2.45) is 5.92 Å². The average molecular weight is 322 g/mol. The molecule has 0 spiro atoms. The molecule has 2 aromatic rings. The second kappa shape index (κ2) is 8.09. The molecule has 1 saturated carbocycles. The topological polar surface area (TPSA) is 38.7 Å². The van der Waals surface area contributed by atoms with Crippen LogP contribution in [0.3, 0.4) is 0 Å². The highest BCUT2D eigenvalue weighted by atomic mass is 16.6. The Kier molecular flexibility index (Phi) is 5.63. The Labute approximate surface area is 142 Å². The zero-order chi connectivity index (χ0) is 16.8. The quantitative estimate of drug-likeness (QED) is 0.793. The molecule has 24 heavy (non-hydrogen) atoms. The van der Waals surface area contributed by atoms with Crippen LogP contribution in [0.2, 0.25) is 0 Å². The highest BCUT2D eigenvalue weighted by Crippen LogP contribution is 2.36. The van der Waals surface area contributed by atoms with Gasteiger partial charge in [0, 0.05) is 5.92 Å². The van der Waals surface area contributed by atoms with Crippen LogP contribution in [0.5, 0.6) is 0 Å². The van der Waals surface area contributed by atoms with Gasteiger partial charge in [0.2, 0.25) is 0 Å². The summed E-state index contributed by atoms with van der Waals surface area (Å²) in [6.45, 7) is 4.55. The van der Waals surface area contributed by atoms with Gasteiger partial charge in [-0.2, -0.15) is 0 Å². The van der Waals surface area contributed by atoms with E-state index in [4.69, 9.17) is 9.47 Å². The molecule has 3 heteroatoms. The molecule has 3 rings (SSSR count). The van der Waals surface area contributed by atoms with E-state index in [2.05, 4.69) is 12.3 Å². The number of rotatable bonds is 7. The van der Waals surface area contributed by atoms with Crippen LogP contribution in [0.25, 0.3) is 0 Å². The fourth-order valence-corrected chi connectivity index (χ4v) is 2.94. The Morgan fingerprint density at radius 2 is 1.38 bits per heavy atom. The maximum absolute atomic E-state index is 10.3. The van der Waals surface area contributed by atoms with Crippen LogP contribution in [0.4, 0.5) is 0 Å². The van der Waals surface area contributed by atoms with E-state index < -0.39 is 6.10 Å². The molecule has 0 bridgehead atoms. The van der Waals surface area contributed by atoms with Gasteiger partial charge in [0.25, 0.3) is 0 Å². The summed E-state index contributed by atoms with van der Waals surface area (Å²) < 4.78 is 11.9. The minimum absolute atomic E-state index is 0.132. The van der Waals surface area contributed by atoms with Gasteiger partial charge in [-0.25, -0.2) is 0 Å². The summed E-state index contributed by atoms with van der Waals surface area (Å²) in [5.41, 5.74) is 4.93. The van der Waals surface area contributed by atoms with E-state index in [1.165, 1.54) is 0 Å². The molecule has 4 atom stereocenters. The fourth-order valence-electron chi connectivity index (χ4n) is 2.94. The first-order valence-corrected chi connectivity index (χ1v) is 8.14. The molecule has 2 aromatic carbocycles. The molecule has 1 aliphatic rings. The van der Waals surface area contributed by atoms with Gasteiger partial charge in [0.1, 0.15) is 6.10 Å². The van der Waals surface area contributed by atoms with E-state index >= 15 is 0 Å². The minimum atomic E-state index is -0.594. The maximum atomic E-state index is 10.3. The van der Waals surface area contributed by atoms with Gasteiger partial charge in [-0.15, -0.1) is 5.73 Å². The van der Waals surface area contributed by atoms with Crippen LogP contribution in [-0.2, 0) is 22.7 Å². The van der Waals surface area contributed by atoms with Crippen LogP contribution in [0, 0.1) is 5.92 Å². The van der Waals surface area contributed by atoms with Crippen molar-refractivity contribution in [1.29, 1.82) is 0 Å². The van der Waals surface area contributed by atoms with E-state index in [9.17, 15) is 5.11 Å². The van der Waals surface area contributed by atoms with E-state index in [0.29, 0.717) is 13.2 Å². The molecule has 1 N–H and O–H groups in total. The Morgan fingerprint density at radius 3 is 1.88 bits per heavy atom. The number of aliphatic hydroxyl groups is 1. The molecule has 1 fully saturated rings. The highest BCUT2D eigenvalue weighted by Gasteiger charge is 2.50. The lowest BCUT2D eigenvalue weighted by molar-refractivity contribution is -0.226. The van der Waals surface area contributed by atoms with Crippen molar-refractivity contribution in [3.8, 4) is 0 Å². The highest BCUT2D eigenvalue weighted by molar-refractivity contribution is 5.16. The molecule has 0 heterocycles. The van der Waals surface area contributed by atoms with Gasteiger partial charge in [0.15, 0.2) is 0 Å². The largest absolute Gasteiger partial charge is 0.390 e. The molecule has 0 amide bonds. The summed E-state index contributed by atoms with van der Waals surface area (Å²) in [5.74, 6) is -0.132. The summed E-state index contributed by atoms with van der Waals surface area (Å²) in [6.07, 6.45) is 0.633. The first kappa shape index (κ1) is 16.7. The van der Waals surface area contributed by atoms with Crippen LogP contribution in [0.1, 0.15) is 11.1 Å². The van der Waals surface area contributed by atoms with Crippen molar-refractivity contribution in [3.05, 3.63) is 90.2 Å². The summed E-state index contributed by atoms with van der Waals surface area (Å²) in [7, 11) is 0. The monoisotopic (exact) mass is 322 g/mol. The third-order valence-electron chi connectivity index (χ3n) is 4.31. The summed E-state index contributed by atoms with van der Waals surface area (Å²) >= 11 is 0. The van der Waals surface area contributed by atoms with Crippen LogP contribution in [-0.4, -0.2) is 23.4 Å². The van der Waals surface area contributed by atoms with Crippen LogP contribution < -0.4 is 0 Å². The van der Waals surface area contributed by atoms with Crippen molar-refractivity contribution < 1.29 is 14.6 Å². The van der Waals surface area contributed by atoms with E-state index in [0.717, 1.165) is 11.1 Å². The predicted octanol–water partition coefficient (Wildman–Crippen LogP) is 3.49. The SMILES string of the molecule is C=C=CC1C(O)[C@H](OCc2ccccc2)[C@H]1OCc1ccccc1. The molecular weight excluding hydrogens is 300 g/mol. The van der Waals surface area contributed by atoms with Crippen molar-refractivity contribution in [3.63, 3.8) is 0 Å². The smallest absolute Gasteiger partial charge is 0.111 e.